The quantitative estimate of drug-likeness (QED) is 0.894. The number of carbonyl (C=O) groups excluding carboxylic acids is 1. The predicted molar refractivity (Wildman–Crippen MR) is 69.1 cm³/mol. The van der Waals surface area contributed by atoms with Crippen molar-refractivity contribution in [3.8, 4) is 0 Å². The number of benzene rings is 1. The molecule has 0 unspecified atom stereocenters. The van der Waals surface area contributed by atoms with Gasteiger partial charge in [0.25, 0.3) is 5.91 Å². The normalized spacial score (nSPS) is 10.1. The molecule has 0 aliphatic heterocycles. The second-order valence-corrected chi connectivity index (χ2v) is 4.23. The second kappa shape index (κ2) is 5.40. The number of hydrogen-bond acceptors (Lipinski definition) is 3. The highest BCUT2D eigenvalue weighted by molar-refractivity contribution is 5.91. The number of rotatable bonds is 3. The summed E-state index contributed by atoms with van der Waals surface area (Å²) in [6.45, 7) is 4.36. The fraction of sp³-hybridized carbons (Fsp3) is 0.214. The van der Waals surface area contributed by atoms with Crippen LogP contribution in [0, 0.1) is 13.8 Å². The van der Waals surface area contributed by atoms with Gasteiger partial charge < -0.3 is 5.32 Å². The van der Waals surface area contributed by atoms with Crippen LogP contribution >= 0.6 is 0 Å². The van der Waals surface area contributed by atoms with Gasteiger partial charge in [0, 0.05) is 6.54 Å². The van der Waals surface area contributed by atoms with Crippen molar-refractivity contribution in [2.24, 2.45) is 0 Å². The fourth-order valence-electron chi connectivity index (χ4n) is 1.62. The van der Waals surface area contributed by atoms with E-state index in [0.29, 0.717) is 12.2 Å². The standard InChI is InChI=1S/C14H15N3O/c1-10-4-3-5-12(8-10)9-15-14(18)13-7-6-11(2)16-17-13/h3-8H,9H2,1-2H3,(H,15,18). The van der Waals surface area contributed by atoms with Gasteiger partial charge in [0.1, 0.15) is 0 Å². The first kappa shape index (κ1) is 12.2. The van der Waals surface area contributed by atoms with Crippen molar-refractivity contribution >= 4 is 5.91 Å². The molecule has 1 aromatic heterocycles. The molecule has 92 valence electrons. The van der Waals surface area contributed by atoms with Crippen LogP contribution in [0.1, 0.15) is 27.3 Å². The Kier molecular flexibility index (Phi) is 3.67. The zero-order valence-electron chi connectivity index (χ0n) is 10.5. The third kappa shape index (κ3) is 3.13. The van der Waals surface area contributed by atoms with Crippen molar-refractivity contribution in [3.63, 3.8) is 0 Å². The SMILES string of the molecule is Cc1cccc(CNC(=O)c2ccc(C)nn2)c1. The van der Waals surface area contributed by atoms with Crippen LogP contribution in [-0.2, 0) is 6.54 Å². The molecule has 4 nitrogen and oxygen atoms in total. The first-order valence-electron chi connectivity index (χ1n) is 5.79. The van der Waals surface area contributed by atoms with E-state index >= 15 is 0 Å². The van der Waals surface area contributed by atoms with E-state index in [4.69, 9.17) is 0 Å². The minimum Gasteiger partial charge on any atom is -0.347 e. The lowest BCUT2D eigenvalue weighted by Crippen LogP contribution is -2.24. The number of hydrogen-bond donors (Lipinski definition) is 1. The number of aryl methyl sites for hydroxylation is 2. The van der Waals surface area contributed by atoms with Crippen LogP contribution in [0.2, 0.25) is 0 Å². The summed E-state index contributed by atoms with van der Waals surface area (Å²) in [6, 6.07) is 11.5. The third-order valence-corrected chi connectivity index (χ3v) is 2.57. The summed E-state index contributed by atoms with van der Waals surface area (Å²) in [6.07, 6.45) is 0. The van der Waals surface area contributed by atoms with Crippen LogP contribution < -0.4 is 5.32 Å². The molecule has 1 aromatic carbocycles. The Morgan fingerprint density at radius 2 is 2.00 bits per heavy atom. The molecule has 4 heteroatoms. The summed E-state index contributed by atoms with van der Waals surface area (Å²) in [4.78, 5) is 11.8. The summed E-state index contributed by atoms with van der Waals surface area (Å²) in [5, 5.41) is 10.5. The number of carbonyl (C=O) groups is 1. The lowest BCUT2D eigenvalue weighted by Gasteiger charge is -2.05. The Balaban J connectivity index is 1.98. The van der Waals surface area contributed by atoms with Crippen LogP contribution in [-0.4, -0.2) is 16.1 Å². The monoisotopic (exact) mass is 241 g/mol. The molecule has 2 rings (SSSR count). The van der Waals surface area contributed by atoms with E-state index in [2.05, 4.69) is 15.5 Å². The zero-order valence-corrected chi connectivity index (χ0v) is 10.5. The molecule has 0 fully saturated rings. The molecule has 1 amide bonds. The molecule has 0 aliphatic rings. The Labute approximate surface area is 106 Å². The Morgan fingerprint density at radius 1 is 1.17 bits per heavy atom. The summed E-state index contributed by atoms with van der Waals surface area (Å²) < 4.78 is 0. The summed E-state index contributed by atoms with van der Waals surface area (Å²) >= 11 is 0. The first-order valence-corrected chi connectivity index (χ1v) is 5.79. The number of aromatic nitrogens is 2. The number of nitrogens with zero attached hydrogens (tertiary/aromatic N) is 2. The maximum absolute atomic E-state index is 11.8. The van der Waals surface area contributed by atoms with E-state index in [9.17, 15) is 4.79 Å². The van der Waals surface area contributed by atoms with E-state index in [-0.39, 0.29) is 5.91 Å². The third-order valence-electron chi connectivity index (χ3n) is 2.57. The van der Waals surface area contributed by atoms with E-state index < -0.39 is 0 Å². The first-order chi connectivity index (χ1) is 8.65. The van der Waals surface area contributed by atoms with Gasteiger partial charge in [0.05, 0.1) is 5.69 Å². The van der Waals surface area contributed by atoms with Crippen molar-refractivity contribution in [1.82, 2.24) is 15.5 Å². The smallest absolute Gasteiger partial charge is 0.272 e. The van der Waals surface area contributed by atoms with Gasteiger partial charge in [-0.15, -0.1) is 5.10 Å². The molecule has 1 heterocycles. The van der Waals surface area contributed by atoms with Gasteiger partial charge in [-0.1, -0.05) is 29.8 Å². The van der Waals surface area contributed by atoms with Crippen molar-refractivity contribution in [1.29, 1.82) is 0 Å². The Hall–Kier alpha value is -2.23. The lowest BCUT2D eigenvalue weighted by molar-refractivity contribution is 0.0945. The number of nitrogens with one attached hydrogen (secondary N) is 1. The van der Waals surface area contributed by atoms with E-state index in [1.807, 2.05) is 38.1 Å². The van der Waals surface area contributed by atoms with E-state index in [0.717, 1.165) is 11.3 Å². The Morgan fingerprint density at radius 3 is 2.67 bits per heavy atom. The number of amides is 1. The molecule has 0 spiro atoms. The molecule has 0 saturated carbocycles. The highest BCUT2D eigenvalue weighted by Crippen LogP contribution is 2.04. The van der Waals surface area contributed by atoms with Gasteiger partial charge in [-0.25, -0.2) is 0 Å². The molecule has 0 saturated heterocycles. The van der Waals surface area contributed by atoms with Crippen LogP contribution in [0.4, 0.5) is 0 Å². The van der Waals surface area contributed by atoms with E-state index in [1.54, 1.807) is 12.1 Å². The van der Waals surface area contributed by atoms with Crippen molar-refractivity contribution in [2.45, 2.75) is 20.4 Å². The summed E-state index contributed by atoms with van der Waals surface area (Å²) in [7, 11) is 0. The van der Waals surface area contributed by atoms with Crippen LogP contribution in [0.3, 0.4) is 0 Å². The van der Waals surface area contributed by atoms with Gasteiger partial charge in [-0.05, 0) is 31.5 Å². The van der Waals surface area contributed by atoms with Crippen molar-refractivity contribution in [2.75, 3.05) is 0 Å². The highest BCUT2D eigenvalue weighted by Gasteiger charge is 2.06. The molecular weight excluding hydrogens is 226 g/mol. The maximum atomic E-state index is 11.8. The maximum Gasteiger partial charge on any atom is 0.272 e. The molecule has 18 heavy (non-hydrogen) atoms. The van der Waals surface area contributed by atoms with Gasteiger partial charge in [0.15, 0.2) is 5.69 Å². The molecule has 1 N–H and O–H groups in total. The minimum absolute atomic E-state index is 0.205. The Bertz CT molecular complexity index is 549. The molecule has 0 atom stereocenters. The molecule has 0 radical (unpaired) electrons. The zero-order chi connectivity index (χ0) is 13.0. The average molecular weight is 241 g/mol. The topological polar surface area (TPSA) is 54.9 Å². The molecule has 0 bridgehead atoms. The fourth-order valence-corrected chi connectivity index (χ4v) is 1.62. The predicted octanol–water partition coefficient (Wildman–Crippen LogP) is 2.02. The summed E-state index contributed by atoms with van der Waals surface area (Å²) in [5.41, 5.74) is 3.39. The highest BCUT2D eigenvalue weighted by atomic mass is 16.1. The van der Waals surface area contributed by atoms with Crippen LogP contribution in [0.15, 0.2) is 36.4 Å². The summed E-state index contributed by atoms with van der Waals surface area (Å²) in [5.74, 6) is -0.205. The van der Waals surface area contributed by atoms with Gasteiger partial charge in [0.2, 0.25) is 0 Å². The second-order valence-electron chi connectivity index (χ2n) is 4.23. The lowest BCUT2D eigenvalue weighted by atomic mass is 10.1. The molecular formula is C14H15N3O. The van der Waals surface area contributed by atoms with Crippen molar-refractivity contribution < 1.29 is 4.79 Å². The average Bonchev–Trinajstić information content (AvgIpc) is 2.37. The molecule has 0 aliphatic carbocycles. The molecule has 2 aromatic rings. The van der Waals surface area contributed by atoms with Crippen molar-refractivity contribution in [3.05, 3.63) is 58.9 Å². The van der Waals surface area contributed by atoms with E-state index in [1.165, 1.54) is 5.56 Å². The minimum atomic E-state index is -0.205. The van der Waals surface area contributed by atoms with Crippen LogP contribution in [0.5, 0.6) is 0 Å². The van der Waals surface area contributed by atoms with Crippen LogP contribution in [0.25, 0.3) is 0 Å². The van der Waals surface area contributed by atoms with Gasteiger partial charge in [-0.3, -0.25) is 4.79 Å². The van der Waals surface area contributed by atoms with Gasteiger partial charge in [-0.2, -0.15) is 5.10 Å². The van der Waals surface area contributed by atoms with Gasteiger partial charge >= 0.3 is 0 Å². The largest absolute Gasteiger partial charge is 0.347 e.